The molecule has 3 aliphatic heterocycles. The Bertz CT molecular complexity index is 655. The molecular formula is C20H32N4O3. The van der Waals surface area contributed by atoms with E-state index in [9.17, 15) is 9.90 Å². The van der Waals surface area contributed by atoms with Gasteiger partial charge in [0.25, 0.3) is 5.91 Å². The molecule has 1 spiro atoms. The van der Waals surface area contributed by atoms with Gasteiger partial charge < -0.3 is 19.3 Å². The lowest BCUT2D eigenvalue weighted by Gasteiger charge is -2.51. The fourth-order valence-corrected chi connectivity index (χ4v) is 5.27. The van der Waals surface area contributed by atoms with Crippen LogP contribution in [0.25, 0.3) is 0 Å². The molecule has 1 aromatic rings. The van der Waals surface area contributed by atoms with Crippen molar-refractivity contribution in [2.75, 3.05) is 39.4 Å². The molecule has 150 valence electrons. The van der Waals surface area contributed by atoms with Gasteiger partial charge in [0, 0.05) is 52.5 Å². The number of piperidine rings is 2. The van der Waals surface area contributed by atoms with Gasteiger partial charge in [0.2, 0.25) is 0 Å². The summed E-state index contributed by atoms with van der Waals surface area (Å²) < 4.78 is 7.33. The van der Waals surface area contributed by atoms with Crippen molar-refractivity contribution < 1.29 is 14.6 Å². The summed E-state index contributed by atoms with van der Waals surface area (Å²) in [6.07, 6.45) is 6.36. The topological polar surface area (TPSA) is 70.8 Å². The zero-order chi connectivity index (χ0) is 19.0. The van der Waals surface area contributed by atoms with Crippen molar-refractivity contribution in [2.24, 2.45) is 12.5 Å². The summed E-state index contributed by atoms with van der Waals surface area (Å²) in [4.78, 5) is 21.7. The van der Waals surface area contributed by atoms with Crippen LogP contribution < -0.4 is 0 Å². The Hall–Kier alpha value is -1.44. The quantitative estimate of drug-likeness (QED) is 0.840. The summed E-state index contributed by atoms with van der Waals surface area (Å²) in [6.45, 7) is 6.90. The van der Waals surface area contributed by atoms with E-state index in [2.05, 4.69) is 9.88 Å². The second-order valence-electron chi connectivity index (χ2n) is 8.71. The highest BCUT2D eigenvalue weighted by Gasteiger charge is 2.44. The van der Waals surface area contributed by atoms with Gasteiger partial charge >= 0.3 is 0 Å². The van der Waals surface area contributed by atoms with Crippen LogP contribution in [-0.2, 0) is 11.8 Å². The van der Waals surface area contributed by atoms with Crippen LogP contribution in [0, 0.1) is 12.3 Å². The van der Waals surface area contributed by atoms with Crippen molar-refractivity contribution in [2.45, 2.75) is 51.2 Å². The fraction of sp³-hybridized carbons (Fsp3) is 0.800. The van der Waals surface area contributed by atoms with Crippen LogP contribution in [0.15, 0.2) is 6.33 Å². The number of aromatic nitrogens is 2. The molecule has 3 saturated heterocycles. The number of ether oxygens (including phenoxy) is 1. The molecule has 0 radical (unpaired) electrons. The summed E-state index contributed by atoms with van der Waals surface area (Å²) in [6, 6.07) is 0.530. The number of aliphatic hydroxyl groups excluding tert-OH is 1. The van der Waals surface area contributed by atoms with Crippen molar-refractivity contribution >= 4 is 5.91 Å². The second-order valence-corrected chi connectivity index (χ2v) is 8.71. The Labute approximate surface area is 161 Å². The Balaban J connectivity index is 1.41. The number of β-amino-alcohol motifs (C(OH)–C–C–N with tert-alkyl or cyclic N) is 1. The Kier molecular flexibility index (Phi) is 5.27. The van der Waals surface area contributed by atoms with E-state index in [1.807, 2.05) is 23.4 Å². The minimum absolute atomic E-state index is 0.0833. The molecule has 0 bridgehead atoms. The summed E-state index contributed by atoms with van der Waals surface area (Å²) >= 11 is 0. The van der Waals surface area contributed by atoms with E-state index in [1.165, 1.54) is 0 Å². The van der Waals surface area contributed by atoms with Gasteiger partial charge in [0.1, 0.15) is 5.69 Å². The molecule has 4 rings (SSSR count). The molecule has 0 aromatic carbocycles. The highest BCUT2D eigenvalue weighted by Crippen LogP contribution is 2.41. The monoisotopic (exact) mass is 376 g/mol. The predicted molar refractivity (Wildman–Crippen MR) is 102 cm³/mol. The van der Waals surface area contributed by atoms with Crippen LogP contribution >= 0.6 is 0 Å². The molecule has 27 heavy (non-hydrogen) atoms. The number of hydrogen-bond donors (Lipinski definition) is 1. The van der Waals surface area contributed by atoms with Crippen LogP contribution in [0.3, 0.4) is 0 Å². The zero-order valence-corrected chi connectivity index (χ0v) is 16.6. The average Bonchev–Trinajstić information content (AvgIpc) is 3.00. The highest BCUT2D eigenvalue weighted by molar-refractivity contribution is 5.93. The third-order valence-corrected chi connectivity index (χ3v) is 6.79. The number of aliphatic hydroxyl groups is 1. The SMILES string of the molecule is Cc1ncn(C)c1C(=O)N1CCC2(CC1)CC(O)CN(C1CCOCC1)C2. The lowest BCUT2D eigenvalue weighted by atomic mass is 9.71. The smallest absolute Gasteiger partial charge is 0.272 e. The first kappa shape index (κ1) is 18.9. The van der Waals surface area contributed by atoms with E-state index < -0.39 is 0 Å². The largest absolute Gasteiger partial charge is 0.392 e. The first-order valence-corrected chi connectivity index (χ1v) is 10.2. The predicted octanol–water partition coefficient (Wildman–Crippen LogP) is 1.20. The van der Waals surface area contributed by atoms with Gasteiger partial charge in [-0.1, -0.05) is 0 Å². The van der Waals surface area contributed by atoms with Gasteiger partial charge in [-0.05, 0) is 44.4 Å². The molecule has 1 aromatic heterocycles. The Morgan fingerprint density at radius 2 is 2.00 bits per heavy atom. The molecule has 1 N–H and O–H groups in total. The molecule has 1 atom stereocenters. The summed E-state index contributed by atoms with van der Waals surface area (Å²) in [7, 11) is 1.88. The van der Waals surface area contributed by atoms with E-state index in [4.69, 9.17) is 4.74 Å². The first-order chi connectivity index (χ1) is 13.0. The van der Waals surface area contributed by atoms with Gasteiger partial charge in [0.15, 0.2) is 0 Å². The maximum absolute atomic E-state index is 12.9. The first-order valence-electron chi connectivity index (χ1n) is 10.2. The number of likely N-dealkylation sites (tertiary alicyclic amines) is 2. The normalized spacial score (nSPS) is 27.2. The second kappa shape index (κ2) is 7.53. The number of aryl methyl sites for hydroxylation is 2. The maximum atomic E-state index is 12.9. The van der Waals surface area contributed by atoms with E-state index in [0.717, 1.165) is 77.2 Å². The van der Waals surface area contributed by atoms with Crippen LogP contribution in [-0.4, -0.2) is 81.9 Å². The van der Waals surface area contributed by atoms with Crippen molar-refractivity contribution in [3.63, 3.8) is 0 Å². The minimum Gasteiger partial charge on any atom is -0.392 e. The molecule has 0 saturated carbocycles. The molecule has 7 heteroatoms. The van der Waals surface area contributed by atoms with Gasteiger partial charge in [0.05, 0.1) is 18.1 Å². The van der Waals surface area contributed by atoms with Crippen LogP contribution in [0.1, 0.15) is 48.3 Å². The number of rotatable bonds is 2. The number of carbonyl (C=O) groups excluding carboxylic acids is 1. The highest BCUT2D eigenvalue weighted by atomic mass is 16.5. The number of amides is 1. The van der Waals surface area contributed by atoms with Gasteiger partial charge in [-0.2, -0.15) is 0 Å². The summed E-state index contributed by atoms with van der Waals surface area (Å²) in [5.41, 5.74) is 1.62. The third-order valence-electron chi connectivity index (χ3n) is 6.79. The standard InChI is InChI=1S/C20H32N4O3/c1-15-18(22(2)14-21-15)19(26)23-7-5-20(6-8-23)11-17(25)12-24(13-20)16-3-9-27-10-4-16/h14,16-17,25H,3-13H2,1-2H3. The average molecular weight is 377 g/mol. The molecule has 7 nitrogen and oxygen atoms in total. The van der Waals surface area contributed by atoms with Crippen LogP contribution in [0.5, 0.6) is 0 Å². The molecule has 3 fully saturated rings. The lowest BCUT2D eigenvalue weighted by molar-refractivity contribution is -0.0695. The van der Waals surface area contributed by atoms with E-state index in [-0.39, 0.29) is 17.4 Å². The number of hydrogen-bond acceptors (Lipinski definition) is 5. The van der Waals surface area contributed by atoms with Gasteiger partial charge in [-0.3, -0.25) is 9.69 Å². The van der Waals surface area contributed by atoms with Crippen LogP contribution in [0.2, 0.25) is 0 Å². The molecule has 4 heterocycles. The van der Waals surface area contributed by atoms with Crippen molar-refractivity contribution in [3.05, 3.63) is 17.7 Å². The van der Waals surface area contributed by atoms with Crippen molar-refractivity contribution in [1.82, 2.24) is 19.4 Å². The zero-order valence-electron chi connectivity index (χ0n) is 16.6. The van der Waals surface area contributed by atoms with Crippen molar-refractivity contribution in [3.8, 4) is 0 Å². The van der Waals surface area contributed by atoms with E-state index in [0.29, 0.717) is 11.7 Å². The molecule has 1 amide bonds. The van der Waals surface area contributed by atoms with Crippen molar-refractivity contribution in [1.29, 1.82) is 0 Å². The molecule has 3 aliphatic rings. The van der Waals surface area contributed by atoms with E-state index in [1.54, 1.807) is 6.33 Å². The Morgan fingerprint density at radius 1 is 1.30 bits per heavy atom. The summed E-state index contributed by atoms with van der Waals surface area (Å²) in [5, 5.41) is 10.6. The molecule has 0 aliphatic carbocycles. The molecular weight excluding hydrogens is 344 g/mol. The molecule has 1 unspecified atom stereocenters. The third kappa shape index (κ3) is 3.77. The number of nitrogens with zero attached hydrogens (tertiary/aromatic N) is 4. The van der Waals surface area contributed by atoms with E-state index >= 15 is 0 Å². The Morgan fingerprint density at radius 3 is 2.63 bits per heavy atom. The lowest BCUT2D eigenvalue weighted by Crippen LogP contribution is -2.57. The van der Waals surface area contributed by atoms with Crippen LogP contribution in [0.4, 0.5) is 0 Å². The number of carbonyl (C=O) groups is 1. The van der Waals surface area contributed by atoms with Gasteiger partial charge in [-0.15, -0.1) is 0 Å². The number of imidazole rings is 1. The van der Waals surface area contributed by atoms with Gasteiger partial charge in [-0.25, -0.2) is 4.98 Å². The minimum atomic E-state index is -0.261. The fourth-order valence-electron chi connectivity index (χ4n) is 5.27. The summed E-state index contributed by atoms with van der Waals surface area (Å²) in [5.74, 6) is 0.0833. The maximum Gasteiger partial charge on any atom is 0.272 e.